The third-order valence-corrected chi connectivity index (χ3v) is 4.54. The lowest BCUT2D eigenvalue weighted by Crippen LogP contribution is -1.99. The SMILES string of the molecule is CC(C)c1cccc2c(CCCCN)c(-c3ccccc3)[nH]c12. The molecule has 2 nitrogen and oxygen atoms in total. The zero-order valence-corrected chi connectivity index (χ0v) is 14.1. The number of hydrogen-bond acceptors (Lipinski definition) is 1. The van der Waals surface area contributed by atoms with Crippen molar-refractivity contribution in [3.8, 4) is 11.3 Å². The van der Waals surface area contributed by atoms with Gasteiger partial charge in [0.2, 0.25) is 0 Å². The molecule has 0 unspecified atom stereocenters. The van der Waals surface area contributed by atoms with Gasteiger partial charge in [-0.1, -0.05) is 62.4 Å². The predicted molar refractivity (Wildman–Crippen MR) is 99.8 cm³/mol. The van der Waals surface area contributed by atoms with E-state index in [4.69, 9.17) is 5.73 Å². The summed E-state index contributed by atoms with van der Waals surface area (Å²) in [4.78, 5) is 3.73. The van der Waals surface area contributed by atoms with E-state index in [2.05, 4.69) is 67.4 Å². The van der Waals surface area contributed by atoms with Gasteiger partial charge in [-0.25, -0.2) is 0 Å². The van der Waals surface area contributed by atoms with E-state index in [1.807, 2.05) is 0 Å². The fraction of sp³-hybridized carbons (Fsp3) is 0.333. The topological polar surface area (TPSA) is 41.8 Å². The molecule has 23 heavy (non-hydrogen) atoms. The summed E-state index contributed by atoms with van der Waals surface area (Å²) < 4.78 is 0. The number of nitrogens with one attached hydrogen (secondary N) is 1. The minimum Gasteiger partial charge on any atom is -0.354 e. The zero-order valence-electron chi connectivity index (χ0n) is 14.1. The van der Waals surface area contributed by atoms with Crippen LogP contribution in [0, 0.1) is 0 Å². The van der Waals surface area contributed by atoms with Gasteiger partial charge < -0.3 is 10.7 Å². The van der Waals surface area contributed by atoms with Crippen molar-refractivity contribution in [3.05, 3.63) is 59.7 Å². The van der Waals surface area contributed by atoms with E-state index >= 15 is 0 Å². The first kappa shape index (κ1) is 15.8. The summed E-state index contributed by atoms with van der Waals surface area (Å²) in [5.74, 6) is 0.512. The van der Waals surface area contributed by atoms with E-state index in [1.165, 1.54) is 33.3 Å². The Labute approximate surface area is 138 Å². The van der Waals surface area contributed by atoms with Crippen LogP contribution in [-0.4, -0.2) is 11.5 Å². The van der Waals surface area contributed by atoms with E-state index in [0.29, 0.717) is 5.92 Å². The van der Waals surface area contributed by atoms with Crippen molar-refractivity contribution < 1.29 is 0 Å². The number of aryl methyl sites for hydroxylation is 1. The maximum Gasteiger partial charge on any atom is 0.0497 e. The maximum atomic E-state index is 5.69. The lowest BCUT2D eigenvalue weighted by Gasteiger charge is -2.07. The highest BCUT2D eigenvalue weighted by Crippen LogP contribution is 2.35. The number of para-hydroxylation sites is 1. The standard InChI is InChI=1S/C21H26N2/c1-15(2)17-12-8-13-19-18(11-6-7-14-22)20(23-21(17)19)16-9-4-3-5-10-16/h3-5,8-10,12-13,15,23H,6-7,11,14,22H2,1-2H3. The number of benzene rings is 2. The molecule has 2 heteroatoms. The Morgan fingerprint density at radius 2 is 1.74 bits per heavy atom. The van der Waals surface area contributed by atoms with Crippen LogP contribution in [-0.2, 0) is 6.42 Å². The molecular weight excluding hydrogens is 280 g/mol. The highest BCUT2D eigenvalue weighted by molar-refractivity contribution is 5.93. The Hall–Kier alpha value is -2.06. The van der Waals surface area contributed by atoms with E-state index in [1.54, 1.807) is 0 Å². The van der Waals surface area contributed by atoms with Crippen molar-refractivity contribution in [2.24, 2.45) is 5.73 Å². The first-order valence-corrected chi connectivity index (χ1v) is 8.61. The van der Waals surface area contributed by atoms with Gasteiger partial charge in [0.15, 0.2) is 0 Å². The van der Waals surface area contributed by atoms with Crippen molar-refractivity contribution in [2.45, 2.75) is 39.0 Å². The van der Waals surface area contributed by atoms with Crippen molar-refractivity contribution in [1.82, 2.24) is 4.98 Å². The number of hydrogen-bond donors (Lipinski definition) is 2. The Morgan fingerprint density at radius 1 is 0.957 bits per heavy atom. The number of rotatable bonds is 6. The van der Waals surface area contributed by atoms with Gasteiger partial charge >= 0.3 is 0 Å². The molecular formula is C21H26N2. The molecule has 0 aliphatic carbocycles. The Kier molecular flexibility index (Phi) is 4.82. The number of H-pyrrole nitrogens is 1. The molecule has 0 radical (unpaired) electrons. The molecule has 1 aromatic heterocycles. The van der Waals surface area contributed by atoms with Gasteiger partial charge in [0.1, 0.15) is 0 Å². The Morgan fingerprint density at radius 3 is 2.43 bits per heavy atom. The summed E-state index contributed by atoms with van der Waals surface area (Å²) >= 11 is 0. The number of unbranched alkanes of at least 4 members (excludes halogenated alkanes) is 1. The van der Waals surface area contributed by atoms with E-state index in [-0.39, 0.29) is 0 Å². The van der Waals surface area contributed by atoms with Gasteiger partial charge in [0, 0.05) is 16.6 Å². The third-order valence-electron chi connectivity index (χ3n) is 4.54. The molecule has 0 spiro atoms. The number of fused-ring (bicyclic) bond motifs is 1. The molecule has 0 saturated heterocycles. The van der Waals surface area contributed by atoms with Crippen LogP contribution in [0.3, 0.4) is 0 Å². The second-order valence-electron chi connectivity index (χ2n) is 6.51. The van der Waals surface area contributed by atoms with Crippen molar-refractivity contribution in [2.75, 3.05) is 6.54 Å². The summed E-state index contributed by atoms with van der Waals surface area (Å²) in [6, 6.07) is 17.3. The molecule has 0 bridgehead atoms. The summed E-state index contributed by atoms with van der Waals surface area (Å²) in [5.41, 5.74) is 12.3. The minimum atomic E-state index is 0.512. The van der Waals surface area contributed by atoms with Crippen LogP contribution in [0.5, 0.6) is 0 Å². The largest absolute Gasteiger partial charge is 0.354 e. The smallest absolute Gasteiger partial charge is 0.0497 e. The fourth-order valence-electron chi connectivity index (χ4n) is 3.33. The van der Waals surface area contributed by atoms with E-state index in [9.17, 15) is 0 Å². The van der Waals surface area contributed by atoms with Gasteiger partial charge in [0.25, 0.3) is 0 Å². The lowest BCUT2D eigenvalue weighted by molar-refractivity contribution is 0.748. The predicted octanol–water partition coefficient (Wildman–Crippen LogP) is 5.24. The first-order chi connectivity index (χ1) is 11.2. The normalized spacial score (nSPS) is 11.5. The Bertz CT molecular complexity index is 769. The first-order valence-electron chi connectivity index (χ1n) is 8.61. The van der Waals surface area contributed by atoms with Crippen LogP contribution < -0.4 is 5.73 Å². The van der Waals surface area contributed by atoms with Crippen molar-refractivity contribution >= 4 is 10.9 Å². The van der Waals surface area contributed by atoms with Crippen LogP contribution in [0.2, 0.25) is 0 Å². The van der Waals surface area contributed by atoms with Gasteiger partial charge in [-0.2, -0.15) is 0 Å². The van der Waals surface area contributed by atoms with Crippen LogP contribution in [0.4, 0.5) is 0 Å². The molecule has 1 heterocycles. The van der Waals surface area contributed by atoms with Crippen LogP contribution in [0.1, 0.15) is 43.7 Å². The molecule has 0 aliphatic rings. The Balaban J connectivity index is 2.16. The summed E-state index contributed by atoms with van der Waals surface area (Å²) in [6.07, 6.45) is 3.28. The summed E-state index contributed by atoms with van der Waals surface area (Å²) in [6.45, 7) is 5.28. The zero-order chi connectivity index (χ0) is 16.2. The molecule has 0 saturated carbocycles. The van der Waals surface area contributed by atoms with E-state index in [0.717, 1.165) is 25.8 Å². The molecule has 3 aromatic rings. The molecule has 0 atom stereocenters. The second kappa shape index (κ2) is 7.01. The minimum absolute atomic E-state index is 0.512. The van der Waals surface area contributed by atoms with Gasteiger partial charge in [-0.3, -0.25) is 0 Å². The van der Waals surface area contributed by atoms with Gasteiger partial charge in [-0.05, 0) is 48.4 Å². The number of aromatic amines is 1. The fourth-order valence-corrected chi connectivity index (χ4v) is 3.33. The highest BCUT2D eigenvalue weighted by Gasteiger charge is 2.15. The van der Waals surface area contributed by atoms with Crippen LogP contribution in [0.15, 0.2) is 48.5 Å². The highest BCUT2D eigenvalue weighted by atomic mass is 14.7. The average molecular weight is 306 g/mol. The van der Waals surface area contributed by atoms with Gasteiger partial charge in [0.05, 0.1) is 0 Å². The summed E-state index contributed by atoms with van der Waals surface area (Å²) in [5, 5.41) is 1.37. The van der Waals surface area contributed by atoms with Crippen molar-refractivity contribution in [1.29, 1.82) is 0 Å². The molecule has 120 valence electrons. The lowest BCUT2D eigenvalue weighted by atomic mass is 9.97. The molecule has 2 aromatic carbocycles. The molecule has 0 aliphatic heterocycles. The quantitative estimate of drug-likeness (QED) is 0.601. The van der Waals surface area contributed by atoms with Crippen LogP contribution in [0.25, 0.3) is 22.2 Å². The monoisotopic (exact) mass is 306 g/mol. The third kappa shape index (κ3) is 3.18. The maximum absolute atomic E-state index is 5.69. The van der Waals surface area contributed by atoms with Crippen molar-refractivity contribution in [3.63, 3.8) is 0 Å². The number of nitrogens with two attached hydrogens (primary N) is 1. The van der Waals surface area contributed by atoms with Gasteiger partial charge in [-0.15, -0.1) is 0 Å². The van der Waals surface area contributed by atoms with Crippen LogP contribution >= 0.6 is 0 Å². The average Bonchev–Trinajstić information content (AvgIpc) is 2.94. The summed E-state index contributed by atoms with van der Waals surface area (Å²) in [7, 11) is 0. The molecule has 3 rings (SSSR count). The second-order valence-corrected chi connectivity index (χ2v) is 6.51. The molecule has 3 N–H and O–H groups in total. The number of aromatic nitrogens is 1. The molecule has 0 fully saturated rings. The van der Waals surface area contributed by atoms with E-state index < -0.39 is 0 Å². The molecule has 0 amide bonds.